The molecule has 1 fully saturated rings. The summed E-state index contributed by atoms with van der Waals surface area (Å²) in [6.07, 6.45) is 7.00. The van der Waals surface area contributed by atoms with Crippen LogP contribution in [0.4, 0.5) is 11.6 Å². The third-order valence-electron chi connectivity index (χ3n) is 8.75. The summed E-state index contributed by atoms with van der Waals surface area (Å²) in [5, 5.41) is 7.06. The average molecular weight is 581 g/mol. The van der Waals surface area contributed by atoms with Crippen molar-refractivity contribution < 1.29 is 9.59 Å². The Labute approximate surface area is 253 Å². The van der Waals surface area contributed by atoms with Crippen molar-refractivity contribution in [1.29, 1.82) is 0 Å². The summed E-state index contributed by atoms with van der Waals surface area (Å²) in [5.41, 5.74) is 4.32. The van der Waals surface area contributed by atoms with Gasteiger partial charge in [-0.15, -0.1) is 0 Å². The van der Waals surface area contributed by atoms with Gasteiger partial charge in [0.1, 0.15) is 18.0 Å². The van der Waals surface area contributed by atoms with Gasteiger partial charge in [-0.25, -0.2) is 15.0 Å². The second-order valence-electron chi connectivity index (χ2n) is 11.4. The molecule has 2 atom stereocenters. The lowest BCUT2D eigenvalue weighted by atomic mass is 9.87. The number of rotatable bonds is 9. The fourth-order valence-electron chi connectivity index (χ4n) is 5.76. The Hall–Kier alpha value is -4.60. The molecule has 4 heterocycles. The SMILES string of the molecule is CNC(=O)c1ccnc2c(C(C)C(C)CNc3cc(-c4ccc(N(C)C5CCN(C(C)=O)CC5)nc4)ncn3)cccc12. The number of carbonyl (C=O) groups excluding carboxylic acids is 2. The van der Waals surface area contributed by atoms with Crippen molar-refractivity contribution in [2.45, 2.75) is 45.6 Å². The van der Waals surface area contributed by atoms with Gasteiger partial charge >= 0.3 is 0 Å². The van der Waals surface area contributed by atoms with E-state index in [-0.39, 0.29) is 23.7 Å². The Morgan fingerprint density at radius 1 is 1.05 bits per heavy atom. The molecule has 5 rings (SSSR count). The molecule has 0 saturated carbocycles. The highest BCUT2D eigenvalue weighted by molar-refractivity contribution is 6.06. The summed E-state index contributed by atoms with van der Waals surface area (Å²) < 4.78 is 0. The number of fused-ring (bicyclic) bond motifs is 1. The van der Waals surface area contributed by atoms with Gasteiger partial charge in [0.05, 0.1) is 16.8 Å². The van der Waals surface area contributed by atoms with Gasteiger partial charge in [0.25, 0.3) is 5.91 Å². The van der Waals surface area contributed by atoms with E-state index >= 15 is 0 Å². The number of hydrogen-bond acceptors (Lipinski definition) is 8. The molecule has 2 amide bonds. The summed E-state index contributed by atoms with van der Waals surface area (Å²) in [7, 11) is 3.71. The summed E-state index contributed by atoms with van der Waals surface area (Å²) in [6, 6.07) is 14.2. The monoisotopic (exact) mass is 580 g/mol. The average Bonchev–Trinajstić information content (AvgIpc) is 3.05. The third kappa shape index (κ3) is 6.58. The van der Waals surface area contributed by atoms with Crippen LogP contribution in [0, 0.1) is 5.92 Å². The number of hydrogen-bond donors (Lipinski definition) is 2. The first-order valence-corrected chi connectivity index (χ1v) is 14.9. The van der Waals surface area contributed by atoms with Crippen LogP contribution in [0.25, 0.3) is 22.2 Å². The topological polar surface area (TPSA) is 116 Å². The molecule has 43 heavy (non-hydrogen) atoms. The minimum absolute atomic E-state index is 0.116. The van der Waals surface area contributed by atoms with Gasteiger partial charge in [0, 0.05) is 76.1 Å². The van der Waals surface area contributed by atoms with E-state index in [2.05, 4.69) is 57.4 Å². The minimum atomic E-state index is -0.116. The zero-order valence-electron chi connectivity index (χ0n) is 25.5. The maximum Gasteiger partial charge on any atom is 0.251 e. The zero-order valence-corrected chi connectivity index (χ0v) is 25.5. The highest BCUT2D eigenvalue weighted by Gasteiger charge is 2.24. The maximum absolute atomic E-state index is 12.4. The lowest BCUT2D eigenvalue weighted by molar-refractivity contribution is -0.129. The molecule has 4 aromatic rings. The van der Waals surface area contributed by atoms with Crippen LogP contribution < -0.4 is 15.5 Å². The largest absolute Gasteiger partial charge is 0.370 e. The van der Waals surface area contributed by atoms with Crippen LogP contribution in [0.5, 0.6) is 0 Å². The van der Waals surface area contributed by atoms with E-state index < -0.39 is 0 Å². The highest BCUT2D eigenvalue weighted by atomic mass is 16.2. The Morgan fingerprint density at radius 2 is 1.84 bits per heavy atom. The fourth-order valence-corrected chi connectivity index (χ4v) is 5.76. The molecule has 224 valence electrons. The number of aromatic nitrogens is 4. The lowest BCUT2D eigenvalue weighted by Gasteiger charge is -2.37. The predicted molar refractivity (Wildman–Crippen MR) is 170 cm³/mol. The van der Waals surface area contributed by atoms with Crippen LogP contribution >= 0.6 is 0 Å². The fraction of sp³-hybridized carbons (Fsp3) is 0.394. The maximum atomic E-state index is 12.4. The van der Waals surface area contributed by atoms with Crippen molar-refractivity contribution >= 4 is 34.4 Å². The number of nitrogens with one attached hydrogen (secondary N) is 2. The summed E-state index contributed by atoms with van der Waals surface area (Å²) in [5.74, 6) is 2.13. The van der Waals surface area contributed by atoms with Gasteiger partial charge in [-0.1, -0.05) is 32.0 Å². The first-order chi connectivity index (χ1) is 20.8. The molecule has 3 aromatic heterocycles. The molecular formula is C33H40N8O2. The first-order valence-electron chi connectivity index (χ1n) is 14.9. The van der Waals surface area contributed by atoms with Crippen molar-refractivity contribution in [2.24, 2.45) is 5.92 Å². The van der Waals surface area contributed by atoms with Crippen LogP contribution in [0.2, 0.25) is 0 Å². The molecule has 1 aliphatic rings. The molecule has 10 nitrogen and oxygen atoms in total. The molecule has 2 N–H and O–H groups in total. The van der Waals surface area contributed by atoms with Crippen LogP contribution in [0.15, 0.2) is 61.2 Å². The molecule has 0 aliphatic carbocycles. The van der Waals surface area contributed by atoms with E-state index in [1.165, 1.54) is 0 Å². The number of amides is 2. The van der Waals surface area contributed by atoms with Crippen molar-refractivity contribution in [2.75, 3.05) is 43.9 Å². The Bertz CT molecular complexity index is 1580. The number of benzene rings is 1. The number of anilines is 2. The van der Waals surface area contributed by atoms with Gasteiger partial charge in [0.2, 0.25) is 5.91 Å². The zero-order chi connectivity index (χ0) is 30.5. The van der Waals surface area contributed by atoms with Crippen molar-refractivity contribution in [3.05, 3.63) is 72.3 Å². The van der Waals surface area contributed by atoms with E-state index in [1.807, 2.05) is 41.4 Å². The molecule has 2 unspecified atom stereocenters. The number of nitrogens with zero attached hydrogens (tertiary/aromatic N) is 6. The highest BCUT2D eigenvalue weighted by Crippen LogP contribution is 2.31. The second kappa shape index (κ2) is 13.1. The van der Waals surface area contributed by atoms with Gasteiger partial charge in [0.15, 0.2) is 0 Å². The molecule has 1 aromatic carbocycles. The van der Waals surface area contributed by atoms with Gasteiger partial charge in [-0.3, -0.25) is 14.6 Å². The molecule has 0 spiro atoms. The van der Waals surface area contributed by atoms with Crippen molar-refractivity contribution in [3.8, 4) is 11.3 Å². The molecule has 0 radical (unpaired) electrons. The van der Waals surface area contributed by atoms with Gasteiger partial charge < -0.3 is 20.4 Å². The summed E-state index contributed by atoms with van der Waals surface area (Å²) in [6.45, 7) is 8.30. The summed E-state index contributed by atoms with van der Waals surface area (Å²) >= 11 is 0. The quantitative estimate of drug-likeness (QED) is 0.292. The molecule has 1 saturated heterocycles. The predicted octanol–water partition coefficient (Wildman–Crippen LogP) is 4.75. The Morgan fingerprint density at radius 3 is 2.53 bits per heavy atom. The van der Waals surface area contributed by atoms with Crippen molar-refractivity contribution in [3.63, 3.8) is 0 Å². The standard InChI is InChI=1S/C33H40N8O2/c1-21(22(2)26-7-6-8-27-28(33(43)34-4)11-14-35-32(26)27)18-36-30-17-29(38-20-39-30)24-9-10-31(37-19-24)40(5)25-12-15-41(16-13-25)23(3)42/h6-11,14,17,19-22,25H,12-13,15-16,18H2,1-5H3,(H,34,43)(H,36,38,39). The van der Waals surface area contributed by atoms with Crippen molar-refractivity contribution in [1.82, 2.24) is 30.2 Å². The molecule has 1 aliphatic heterocycles. The second-order valence-corrected chi connectivity index (χ2v) is 11.4. The Balaban J connectivity index is 1.23. The normalized spacial score (nSPS) is 15.1. The lowest BCUT2D eigenvalue weighted by Crippen LogP contribution is -2.45. The first kappa shape index (κ1) is 29.9. The van der Waals surface area contributed by atoms with E-state index in [1.54, 1.807) is 32.6 Å². The van der Waals surface area contributed by atoms with Crippen LogP contribution in [0.3, 0.4) is 0 Å². The van der Waals surface area contributed by atoms with Crippen LogP contribution in [0.1, 0.15) is 55.5 Å². The molecule has 10 heteroatoms. The number of pyridine rings is 2. The van der Waals surface area contributed by atoms with Crippen LogP contribution in [-0.4, -0.2) is 76.4 Å². The van der Waals surface area contributed by atoms with E-state index in [0.717, 1.165) is 65.3 Å². The van der Waals surface area contributed by atoms with E-state index in [4.69, 9.17) is 4.98 Å². The van der Waals surface area contributed by atoms with E-state index in [9.17, 15) is 9.59 Å². The molecular weight excluding hydrogens is 540 g/mol. The summed E-state index contributed by atoms with van der Waals surface area (Å²) in [4.78, 5) is 46.5. The van der Waals surface area contributed by atoms with Crippen LogP contribution in [-0.2, 0) is 4.79 Å². The number of para-hydroxylation sites is 1. The number of likely N-dealkylation sites (tertiary alicyclic amines) is 1. The third-order valence-corrected chi connectivity index (χ3v) is 8.75. The van der Waals surface area contributed by atoms with Gasteiger partial charge in [-0.05, 0) is 48.4 Å². The van der Waals surface area contributed by atoms with E-state index in [0.29, 0.717) is 18.2 Å². The molecule has 0 bridgehead atoms. The number of carbonyl (C=O) groups is 2. The van der Waals surface area contributed by atoms with Gasteiger partial charge in [-0.2, -0.15) is 0 Å². The Kier molecular flexibility index (Phi) is 9.13. The smallest absolute Gasteiger partial charge is 0.251 e. The minimum Gasteiger partial charge on any atom is -0.370 e. The number of piperidine rings is 1.